The fraction of sp³-hybridized carbons (Fsp3) is 1.00. The first kappa shape index (κ1) is 9.73. The van der Waals surface area contributed by atoms with Gasteiger partial charge in [0, 0.05) is 4.43 Å². The normalized spacial score (nSPS) is 17.3. The summed E-state index contributed by atoms with van der Waals surface area (Å²) in [6.45, 7) is 6.93. The van der Waals surface area contributed by atoms with E-state index < -0.39 is 0 Å². The van der Waals surface area contributed by atoms with Crippen LogP contribution in [-0.4, -0.2) is 4.43 Å². The minimum Gasteiger partial charge on any atom is -0.0858 e. The highest BCUT2D eigenvalue weighted by molar-refractivity contribution is 14.1. The minimum atomic E-state index is 0.620. The first-order valence-corrected chi connectivity index (χ1v) is 5.27. The molecular formula is C8H17I. The maximum atomic E-state index is 2.49. The third-order valence-corrected chi connectivity index (χ3v) is 3.87. The summed E-state index contributed by atoms with van der Waals surface area (Å²) in [5, 5.41) is 0. The molecule has 0 heterocycles. The fourth-order valence-corrected chi connectivity index (χ4v) is 1.86. The molecule has 9 heavy (non-hydrogen) atoms. The predicted molar refractivity (Wildman–Crippen MR) is 52.2 cm³/mol. The molecule has 0 aromatic rings. The Morgan fingerprint density at radius 2 is 1.89 bits per heavy atom. The molecule has 0 saturated heterocycles. The Kier molecular flexibility index (Phi) is 4.90. The summed E-state index contributed by atoms with van der Waals surface area (Å²) in [6.07, 6.45) is 4.03. The van der Waals surface area contributed by atoms with E-state index in [9.17, 15) is 0 Å². The first-order valence-electron chi connectivity index (χ1n) is 3.74. The van der Waals surface area contributed by atoms with Crippen molar-refractivity contribution in [3.8, 4) is 0 Å². The van der Waals surface area contributed by atoms with Crippen LogP contribution < -0.4 is 0 Å². The molecule has 0 aliphatic heterocycles. The van der Waals surface area contributed by atoms with Crippen molar-refractivity contribution in [1.29, 1.82) is 0 Å². The van der Waals surface area contributed by atoms with E-state index in [-0.39, 0.29) is 0 Å². The van der Waals surface area contributed by atoms with Gasteiger partial charge >= 0.3 is 0 Å². The maximum Gasteiger partial charge on any atom is 0.00492 e. The lowest BCUT2D eigenvalue weighted by Crippen LogP contribution is -2.15. The summed E-state index contributed by atoms with van der Waals surface area (Å²) in [5.41, 5.74) is 0.620. The lowest BCUT2D eigenvalue weighted by molar-refractivity contribution is 0.333. The predicted octanol–water partition coefficient (Wildman–Crippen LogP) is 3.64. The van der Waals surface area contributed by atoms with Crippen LogP contribution in [0.2, 0.25) is 0 Å². The van der Waals surface area contributed by atoms with Gasteiger partial charge in [0.25, 0.3) is 0 Å². The second-order valence-corrected chi connectivity index (χ2v) is 3.81. The molecule has 0 N–H and O–H groups in total. The van der Waals surface area contributed by atoms with Crippen molar-refractivity contribution < 1.29 is 0 Å². The molecule has 0 fully saturated rings. The lowest BCUT2D eigenvalue weighted by atomic mass is 9.85. The van der Waals surface area contributed by atoms with Crippen LogP contribution in [0.5, 0.6) is 0 Å². The summed E-state index contributed by atoms with van der Waals surface area (Å²) in [5.74, 6) is 0. The van der Waals surface area contributed by atoms with Crippen molar-refractivity contribution in [1.82, 2.24) is 0 Å². The molecular weight excluding hydrogens is 223 g/mol. The zero-order valence-corrected chi connectivity index (χ0v) is 8.86. The van der Waals surface area contributed by atoms with Gasteiger partial charge < -0.3 is 0 Å². The Labute approximate surface area is 72.6 Å². The van der Waals surface area contributed by atoms with E-state index in [4.69, 9.17) is 0 Å². The van der Waals surface area contributed by atoms with Crippen molar-refractivity contribution >= 4 is 22.6 Å². The van der Waals surface area contributed by atoms with Crippen molar-refractivity contribution in [2.45, 2.75) is 40.0 Å². The van der Waals surface area contributed by atoms with Crippen LogP contribution in [0.1, 0.15) is 40.0 Å². The van der Waals surface area contributed by atoms with Gasteiger partial charge in [-0.05, 0) is 18.3 Å². The van der Waals surface area contributed by atoms with E-state index in [1.165, 1.54) is 23.7 Å². The Bertz CT molecular complexity index is 65.0. The molecule has 0 bridgehead atoms. The van der Waals surface area contributed by atoms with E-state index in [0.29, 0.717) is 5.41 Å². The fourth-order valence-electron chi connectivity index (χ4n) is 0.942. The van der Waals surface area contributed by atoms with Gasteiger partial charge in [-0.1, -0.05) is 49.8 Å². The third kappa shape index (κ3) is 3.43. The third-order valence-electron chi connectivity index (χ3n) is 2.03. The second-order valence-electron chi connectivity index (χ2n) is 3.05. The Morgan fingerprint density at radius 1 is 1.33 bits per heavy atom. The van der Waals surface area contributed by atoms with Crippen LogP contribution in [0.25, 0.3) is 0 Å². The zero-order valence-electron chi connectivity index (χ0n) is 6.71. The van der Waals surface area contributed by atoms with Crippen LogP contribution in [-0.2, 0) is 0 Å². The maximum absolute atomic E-state index is 2.49. The van der Waals surface area contributed by atoms with Gasteiger partial charge in [0.1, 0.15) is 0 Å². The molecule has 0 aromatic carbocycles. The summed E-state index contributed by atoms with van der Waals surface area (Å²) in [7, 11) is 0. The topological polar surface area (TPSA) is 0 Å². The molecule has 0 saturated carbocycles. The quantitative estimate of drug-likeness (QED) is 0.519. The highest BCUT2D eigenvalue weighted by atomic mass is 127. The van der Waals surface area contributed by atoms with E-state index in [1.54, 1.807) is 0 Å². The largest absolute Gasteiger partial charge is 0.0858 e. The summed E-state index contributed by atoms with van der Waals surface area (Å²) in [4.78, 5) is 0. The Morgan fingerprint density at radius 3 is 2.00 bits per heavy atom. The van der Waals surface area contributed by atoms with Gasteiger partial charge in [0.05, 0.1) is 0 Å². The molecule has 56 valence electrons. The van der Waals surface area contributed by atoms with Gasteiger partial charge in [-0.25, -0.2) is 0 Å². The molecule has 0 rings (SSSR count). The van der Waals surface area contributed by atoms with E-state index in [2.05, 4.69) is 43.4 Å². The number of alkyl halides is 1. The van der Waals surface area contributed by atoms with Gasteiger partial charge in [-0.2, -0.15) is 0 Å². The number of hydrogen-bond donors (Lipinski definition) is 0. The molecule has 0 radical (unpaired) electrons. The van der Waals surface area contributed by atoms with Crippen molar-refractivity contribution in [3.05, 3.63) is 0 Å². The molecule has 1 atom stereocenters. The molecule has 0 aliphatic carbocycles. The van der Waals surface area contributed by atoms with Crippen molar-refractivity contribution in [2.24, 2.45) is 5.41 Å². The SMILES string of the molecule is CCCC(C)(CC)CI. The Hall–Kier alpha value is 0.730. The van der Waals surface area contributed by atoms with Crippen LogP contribution in [0.3, 0.4) is 0 Å². The number of halogens is 1. The summed E-state index contributed by atoms with van der Waals surface area (Å²) < 4.78 is 1.30. The van der Waals surface area contributed by atoms with Gasteiger partial charge in [0.15, 0.2) is 0 Å². The minimum absolute atomic E-state index is 0.620. The Balaban J connectivity index is 3.62. The molecule has 0 nitrogen and oxygen atoms in total. The molecule has 1 heteroatoms. The van der Waals surface area contributed by atoms with Crippen LogP contribution >= 0.6 is 22.6 Å². The zero-order chi connectivity index (χ0) is 7.33. The standard InChI is InChI=1S/C8H17I/c1-4-6-8(3,5-2)7-9/h4-7H2,1-3H3. The average molecular weight is 240 g/mol. The number of hydrogen-bond acceptors (Lipinski definition) is 0. The monoisotopic (exact) mass is 240 g/mol. The smallest absolute Gasteiger partial charge is 0.00492 e. The molecule has 0 amide bonds. The molecule has 0 aliphatic rings. The summed E-state index contributed by atoms with van der Waals surface area (Å²) in [6, 6.07) is 0. The van der Waals surface area contributed by atoms with Gasteiger partial charge in [0.2, 0.25) is 0 Å². The van der Waals surface area contributed by atoms with E-state index in [1.807, 2.05) is 0 Å². The number of rotatable bonds is 4. The van der Waals surface area contributed by atoms with Gasteiger partial charge in [-0.15, -0.1) is 0 Å². The lowest BCUT2D eigenvalue weighted by Gasteiger charge is -2.24. The van der Waals surface area contributed by atoms with Crippen LogP contribution in [0.15, 0.2) is 0 Å². The van der Waals surface area contributed by atoms with Crippen LogP contribution in [0, 0.1) is 5.41 Å². The average Bonchev–Trinajstić information content (AvgIpc) is 1.89. The highest BCUT2D eigenvalue weighted by Crippen LogP contribution is 2.29. The van der Waals surface area contributed by atoms with Crippen LogP contribution in [0.4, 0.5) is 0 Å². The molecule has 0 aromatic heterocycles. The highest BCUT2D eigenvalue weighted by Gasteiger charge is 2.18. The van der Waals surface area contributed by atoms with Gasteiger partial charge in [-0.3, -0.25) is 0 Å². The summed E-state index contributed by atoms with van der Waals surface area (Å²) >= 11 is 2.49. The van der Waals surface area contributed by atoms with E-state index >= 15 is 0 Å². The van der Waals surface area contributed by atoms with E-state index in [0.717, 1.165) is 0 Å². The molecule has 0 spiro atoms. The molecule has 1 unspecified atom stereocenters. The first-order chi connectivity index (χ1) is 4.18. The second kappa shape index (κ2) is 4.53. The van der Waals surface area contributed by atoms with Crippen molar-refractivity contribution in [3.63, 3.8) is 0 Å². The van der Waals surface area contributed by atoms with Crippen molar-refractivity contribution in [2.75, 3.05) is 4.43 Å².